The number of nitrogens with zero attached hydrogens (tertiary/aromatic N) is 2. The molecule has 0 aliphatic heterocycles. The van der Waals surface area contributed by atoms with E-state index < -0.39 is 0 Å². The van der Waals surface area contributed by atoms with Gasteiger partial charge in [0.2, 0.25) is 0 Å². The van der Waals surface area contributed by atoms with Crippen LogP contribution in [0.15, 0.2) is 18.2 Å². The standard InChI is InChI=1S/C15H24N4/c1-4-12-5-6-13-14(11-12)18-15(17-13)7-8-16-9-10-19(2)3/h5-6,11,16H,4,7-10H2,1-3H3,(H,17,18). The third kappa shape index (κ3) is 4.04. The van der Waals surface area contributed by atoms with E-state index in [4.69, 9.17) is 0 Å². The fourth-order valence-corrected chi connectivity index (χ4v) is 2.08. The molecule has 4 nitrogen and oxygen atoms in total. The van der Waals surface area contributed by atoms with Gasteiger partial charge in [0.1, 0.15) is 5.82 Å². The average molecular weight is 260 g/mol. The molecule has 19 heavy (non-hydrogen) atoms. The van der Waals surface area contributed by atoms with E-state index in [2.05, 4.69) is 59.4 Å². The Hall–Kier alpha value is -1.39. The van der Waals surface area contributed by atoms with Crippen molar-refractivity contribution in [3.05, 3.63) is 29.6 Å². The first-order valence-corrected chi connectivity index (χ1v) is 7.02. The van der Waals surface area contributed by atoms with Gasteiger partial charge in [-0.25, -0.2) is 4.98 Å². The Kier molecular flexibility index (Phi) is 4.93. The zero-order chi connectivity index (χ0) is 13.7. The second-order valence-electron chi connectivity index (χ2n) is 5.19. The summed E-state index contributed by atoms with van der Waals surface area (Å²) in [6.07, 6.45) is 2.01. The highest BCUT2D eigenvalue weighted by Gasteiger charge is 2.03. The predicted molar refractivity (Wildman–Crippen MR) is 80.6 cm³/mol. The minimum Gasteiger partial charge on any atom is -0.342 e. The predicted octanol–water partition coefficient (Wildman–Crippen LogP) is 1.82. The third-order valence-corrected chi connectivity index (χ3v) is 3.28. The number of imidazole rings is 1. The fraction of sp³-hybridized carbons (Fsp3) is 0.533. The molecule has 0 spiro atoms. The molecule has 0 fully saturated rings. The summed E-state index contributed by atoms with van der Waals surface area (Å²) in [6, 6.07) is 6.46. The lowest BCUT2D eigenvalue weighted by atomic mass is 10.1. The van der Waals surface area contributed by atoms with E-state index in [1.165, 1.54) is 5.56 Å². The number of hydrogen-bond donors (Lipinski definition) is 2. The number of hydrogen-bond acceptors (Lipinski definition) is 3. The van der Waals surface area contributed by atoms with Crippen molar-refractivity contribution < 1.29 is 0 Å². The molecule has 4 heteroatoms. The first kappa shape index (κ1) is 14.0. The van der Waals surface area contributed by atoms with Gasteiger partial charge in [-0.1, -0.05) is 13.0 Å². The van der Waals surface area contributed by atoms with Gasteiger partial charge < -0.3 is 15.2 Å². The monoisotopic (exact) mass is 260 g/mol. The molecular formula is C15H24N4. The Bertz CT molecular complexity index is 516. The van der Waals surface area contributed by atoms with Crippen molar-refractivity contribution in [2.75, 3.05) is 33.7 Å². The van der Waals surface area contributed by atoms with Gasteiger partial charge in [-0.05, 0) is 38.2 Å². The summed E-state index contributed by atoms with van der Waals surface area (Å²) in [5.41, 5.74) is 3.58. The Balaban J connectivity index is 1.87. The van der Waals surface area contributed by atoms with Gasteiger partial charge in [0.05, 0.1) is 11.0 Å². The summed E-state index contributed by atoms with van der Waals surface area (Å²) in [5, 5.41) is 3.43. The molecule has 0 amide bonds. The Labute approximate surface area is 115 Å². The fourth-order valence-electron chi connectivity index (χ4n) is 2.08. The van der Waals surface area contributed by atoms with Crippen LogP contribution in [0.1, 0.15) is 18.3 Å². The molecule has 2 rings (SSSR count). The molecular weight excluding hydrogens is 236 g/mol. The van der Waals surface area contributed by atoms with Crippen molar-refractivity contribution in [3.8, 4) is 0 Å². The van der Waals surface area contributed by atoms with Crippen molar-refractivity contribution in [2.45, 2.75) is 19.8 Å². The topological polar surface area (TPSA) is 44.0 Å². The summed E-state index contributed by atoms with van der Waals surface area (Å²) in [4.78, 5) is 10.2. The number of aromatic nitrogens is 2. The van der Waals surface area contributed by atoms with Crippen molar-refractivity contribution in [1.82, 2.24) is 20.2 Å². The van der Waals surface area contributed by atoms with E-state index in [9.17, 15) is 0 Å². The molecule has 1 heterocycles. The van der Waals surface area contributed by atoms with E-state index in [-0.39, 0.29) is 0 Å². The number of likely N-dealkylation sites (N-methyl/N-ethyl adjacent to an activating group) is 1. The van der Waals surface area contributed by atoms with Gasteiger partial charge in [0.25, 0.3) is 0 Å². The molecule has 0 unspecified atom stereocenters. The Morgan fingerprint density at radius 3 is 2.84 bits per heavy atom. The second kappa shape index (κ2) is 6.68. The number of nitrogens with one attached hydrogen (secondary N) is 2. The molecule has 0 saturated carbocycles. The molecule has 1 aromatic carbocycles. The highest BCUT2D eigenvalue weighted by atomic mass is 15.1. The lowest BCUT2D eigenvalue weighted by Crippen LogP contribution is -2.28. The van der Waals surface area contributed by atoms with Crippen molar-refractivity contribution in [3.63, 3.8) is 0 Å². The normalized spacial score (nSPS) is 11.6. The number of H-pyrrole nitrogens is 1. The van der Waals surface area contributed by atoms with Crippen molar-refractivity contribution >= 4 is 11.0 Å². The van der Waals surface area contributed by atoms with Crippen LogP contribution in [-0.4, -0.2) is 48.6 Å². The minimum atomic E-state index is 0.948. The van der Waals surface area contributed by atoms with Crippen LogP contribution >= 0.6 is 0 Å². The molecule has 0 saturated heterocycles. The van der Waals surface area contributed by atoms with Gasteiger partial charge in [-0.3, -0.25) is 0 Å². The van der Waals surface area contributed by atoms with Gasteiger partial charge in [-0.2, -0.15) is 0 Å². The maximum absolute atomic E-state index is 4.61. The zero-order valence-corrected chi connectivity index (χ0v) is 12.2. The summed E-state index contributed by atoms with van der Waals surface area (Å²) in [5.74, 6) is 1.07. The SMILES string of the molecule is CCc1ccc2nc(CCNCCN(C)C)[nH]c2c1. The van der Waals surface area contributed by atoms with Crippen LogP contribution < -0.4 is 5.32 Å². The second-order valence-corrected chi connectivity index (χ2v) is 5.19. The molecule has 0 aliphatic carbocycles. The summed E-state index contributed by atoms with van der Waals surface area (Å²) >= 11 is 0. The molecule has 0 radical (unpaired) electrons. The van der Waals surface area contributed by atoms with E-state index >= 15 is 0 Å². The van der Waals surface area contributed by atoms with Crippen LogP contribution in [0.25, 0.3) is 11.0 Å². The first-order chi connectivity index (χ1) is 9.19. The lowest BCUT2D eigenvalue weighted by molar-refractivity contribution is 0.400. The van der Waals surface area contributed by atoms with E-state index in [0.717, 1.165) is 49.3 Å². The van der Waals surface area contributed by atoms with Crippen LogP contribution in [0, 0.1) is 0 Å². The van der Waals surface area contributed by atoms with E-state index in [1.807, 2.05) is 0 Å². The molecule has 0 atom stereocenters. The minimum absolute atomic E-state index is 0.948. The van der Waals surface area contributed by atoms with Crippen LogP contribution in [0.4, 0.5) is 0 Å². The smallest absolute Gasteiger partial charge is 0.108 e. The Morgan fingerprint density at radius 2 is 2.11 bits per heavy atom. The highest BCUT2D eigenvalue weighted by molar-refractivity contribution is 5.75. The van der Waals surface area contributed by atoms with Crippen molar-refractivity contribution in [2.24, 2.45) is 0 Å². The number of benzene rings is 1. The number of rotatable bonds is 7. The molecule has 2 N–H and O–H groups in total. The first-order valence-electron chi connectivity index (χ1n) is 7.02. The highest BCUT2D eigenvalue weighted by Crippen LogP contribution is 2.14. The average Bonchev–Trinajstić information content (AvgIpc) is 2.79. The third-order valence-electron chi connectivity index (χ3n) is 3.28. The van der Waals surface area contributed by atoms with Gasteiger partial charge in [0, 0.05) is 26.1 Å². The van der Waals surface area contributed by atoms with Crippen LogP contribution in [0.2, 0.25) is 0 Å². The maximum atomic E-state index is 4.61. The number of aromatic amines is 1. The van der Waals surface area contributed by atoms with Crippen molar-refractivity contribution in [1.29, 1.82) is 0 Å². The molecule has 104 valence electrons. The number of fused-ring (bicyclic) bond motifs is 1. The maximum Gasteiger partial charge on any atom is 0.108 e. The number of aryl methyl sites for hydroxylation is 1. The summed E-state index contributed by atoms with van der Waals surface area (Å²) in [6.45, 7) is 5.23. The van der Waals surface area contributed by atoms with Gasteiger partial charge in [0.15, 0.2) is 0 Å². The molecule has 1 aromatic heterocycles. The Morgan fingerprint density at radius 1 is 1.26 bits per heavy atom. The van der Waals surface area contributed by atoms with Gasteiger partial charge in [-0.15, -0.1) is 0 Å². The van der Waals surface area contributed by atoms with E-state index in [1.54, 1.807) is 0 Å². The lowest BCUT2D eigenvalue weighted by Gasteiger charge is -2.09. The van der Waals surface area contributed by atoms with Crippen LogP contribution in [0.3, 0.4) is 0 Å². The zero-order valence-electron chi connectivity index (χ0n) is 12.2. The van der Waals surface area contributed by atoms with E-state index in [0.29, 0.717) is 0 Å². The van der Waals surface area contributed by atoms with Gasteiger partial charge >= 0.3 is 0 Å². The molecule has 0 aliphatic rings. The summed E-state index contributed by atoms with van der Waals surface area (Å²) < 4.78 is 0. The quantitative estimate of drug-likeness (QED) is 0.746. The molecule has 2 aromatic rings. The largest absolute Gasteiger partial charge is 0.342 e. The summed E-state index contributed by atoms with van der Waals surface area (Å²) in [7, 11) is 4.18. The molecule has 0 bridgehead atoms. The van der Waals surface area contributed by atoms with Crippen LogP contribution in [-0.2, 0) is 12.8 Å². The van der Waals surface area contributed by atoms with Crippen LogP contribution in [0.5, 0.6) is 0 Å².